The first-order valence-electron chi connectivity index (χ1n) is 8.61. The van der Waals surface area contributed by atoms with Gasteiger partial charge in [-0.25, -0.2) is 0 Å². The van der Waals surface area contributed by atoms with Crippen molar-refractivity contribution >= 4 is 39.3 Å². The summed E-state index contributed by atoms with van der Waals surface area (Å²) in [6.07, 6.45) is 0. The van der Waals surface area contributed by atoms with E-state index in [-0.39, 0.29) is 18.4 Å². The topological polar surface area (TPSA) is 58.6 Å². The summed E-state index contributed by atoms with van der Waals surface area (Å²) < 4.78 is 6.29. The van der Waals surface area contributed by atoms with Gasteiger partial charge in [-0.1, -0.05) is 41.9 Å². The zero-order valence-electron chi connectivity index (χ0n) is 15.2. The van der Waals surface area contributed by atoms with Crippen LogP contribution in [0.15, 0.2) is 53.0 Å². The van der Waals surface area contributed by atoms with Gasteiger partial charge in [0.25, 0.3) is 5.91 Å². The number of amides is 2. The molecule has 0 heterocycles. The smallest absolute Gasteiger partial charge is 0.261 e. The molecule has 0 aliphatic carbocycles. The molecule has 0 radical (unpaired) electrons. The van der Waals surface area contributed by atoms with E-state index in [0.717, 1.165) is 5.56 Å². The molecule has 2 rings (SSSR count). The van der Waals surface area contributed by atoms with Crippen LogP contribution in [0.25, 0.3) is 0 Å². The van der Waals surface area contributed by atoms with E-state index >= 15 is 0 Å². The minimum Gasteiger partial charge on any atom is -0.483 e. The Labute approximate surface area is 172 Å². The molecule has 2 amide bonds. The van der Waals surface area contributed by atoms with Gasteiger partial charge < -0.3 is 15.0 Å². The van der Waals surface area contributed by atoms with E-state index in [9.17, 15) is 9.59 Å². The molecule has 0 spiro atoms. The van der Waals surface area contributed by atoms with Crippen LogP contribution in [0.1, 0.15) is 19.4 Å². The van der Waals surface area contributed by atoms with Crippen LogP contribution in [0.5, 0.6) is 5.75 Å². The minimum atomic E-state index is -0.616. The molecule has 2 aromatic carbocycles. The Morgan fingerprint density at radius 2 is 1.93 bits per heavy atom. The summed E-state index contributed by atoms with van der Waals surface area (Å²) >= 11 is 9.28. The van der Waals surface area contributed by atoms with E-state index in [0.29, 0.717) is 28.3 Å². The standard InChI is InChI=1S/C20H22BrClN2O3/c1-3-23-20(26)14(2)24(12-15-7-5-4-6-8-15)19(25)13-27-18-10-9-16(22)11-17(18)21/h4-11,14H,3,12-13H2,1-2H3,(H,23,26)/t14-/m1/s1. The second kappa shape index (κ2) is 10.3. The van der Waals surface area contributed by atoms with Crippen molar-refractivity contribution in [2.45, 2.75) is 26.4 Å². The molecular formula is C20H22BrClN2O3. The van der Waals surface area contributed by atoms with Crippen molar-refractivity contribution in [2.75, 3.05) is 13.2 Å². The van der Waals surface area contributed by atoms with Gasteiger partial charge in [-0.2, -0.15) is 0 Å². The van der Waals surface area contributed by atoms with Crippen molar-refractivity contribution in [1.29, 1.82) is 0 Å². The average Bonchev–Trinajstić information content (AvgIpc) is 2.65. The fraction of sp³-hybridized carbons (Fsp3) is 0.300. The summed E-state index contributed by atoms with van der Waals surface area (Å²) in [5.41, 5.74) is 0.940. The fourth-order valence-electron chi connectivity index (χ4n) is 2.50. The zero-order chi connectivity index (χ0) is 19.8. The number of benzene rings is 2. The third kappa shape index (κ3) is 6.26. The second-order valence-corrected chi connectivity index (χ2v) is 7.23. The molecule has 0 unspecified atom stereocenters. The highest BCUT2D eigenvalue weighted by Crippen LogP contribution is 2.28. The van der Waals surface area contributed by atoms with Gasteiger partial charge in [-0.05, 0) is 53.5 Å². The lowest BCUT2D eigenvalue weighted by Gasteiger charge is -2.28. The Bertz CT molecular complexity index is 786. The summed E-state index contributed by atoms with van der Waals surface area (Å²) in [4.78, 5) is 26.6. The van der Waals surface area contributed by atoms with Gasteiger partial charge in [-0.3, -0.25) is 9.59 Å². The molecule has 0 aromatic heterocycles. The van der Waals surface area contributed by atoms with Gasteiger partial charge in [0.2, 0.25) is 5.91 Å². The lowest BCUT2D eigenvalue weighted by Crippen LogP contribution is -2.49. The lowest BCUT2D eigenvalue weighted by molar-refractivity contribution is -0.142. The van der Waals surface area contributed by atoms with Gasteiger partial charge in [0.1, 0.15) is 11.8 Å². The Morgan fingerprint density at radius 3 is 2.56 bits per heavy atom. The molecular weight excluding hydrogens is 432 g/mol. The predicted octanol–water partition coefficient (Wildman–Crippen LogP) is 4.03. The predicted molar refractivity (Wildman–Crippen MR) is 110 cm³/mol. The summed E-state index contributed by atoms with van der Waals surface area (Å²) in [5, 5.41) is 3.33. The number of ether oxygens (including phenoxy) is 1. The van der Waals surface area contributed by atoms with Crippen LogP contribution < -0.4 is 10.1 Å². The molecule has 1 atom stereocenters. The number of carbonyl (C=O) groups excluding carboxylic acids is 2. The minimum absolute atomic E-state index is 0.184. The van der Waals surface area contributed by atoms with Crippen molar-refractivity contribution in [3.8, 4) is 5.75 Å². The van der Waals surface area contributed by atoms with Gasteiger partial charge in [0, 0.05) is 18.1 Å². The van der Waals surface area contributed by atoms with E-state index in [2.05, 4.69) is 21.2 Å². The van der Waals surface area contributed by atoms with E-state index < -0.39 is 6.04 Å². The summed E-state index contributed by atoms with van der Waals surface area (Å²) in [5.74, 6) is 0.0342. The first-order valence-corrected chi connectivity index (χ1v) is 9.78. The highest BCUT2D eigenvalue weighted by molar-refractivity contribution is 9.10. The number of nitrogens with one attached hydrogen (secondary N) is 1. The van der Waals surface area contributed by atoms with Crippen LogP contribution in [-0.2, 0) is 16.1 Å². The van der Waals surface area contributed by atoms with Crippen LogP contribution in [-0.4, -0.2) is 35.9 Å². The maximum Gasteiger partial charge on any atom is 0.261 e. The fourth-order valence-corrected chi connectivity index (χ4v) is 3.30. The molecule has 0 fully saturated rings. The largest absolute Gasteiger partial charge is 0.483 e. The molecule has 0 saturated heterocycles. The van der Waals surface area contributed by atoms with Gasteiger partial charge in [0.05, 0.1) is 4.47 Å². The molecule has 0 aliphatic rings. The van der Waals surface area contributed by atoms with E-state index in [4.69, 9.17) is 16.3 Å². The monoisotopic (exact) mass is 452 g/mol. The number of halogens is 2. The van der Waals surface area contributed by atoms with Crippen molar-refractivity contribution in [3.63, 3.8) is 0 Å². The highest BCUT2D eigenvalue weighted by atomic mass is 79.9. The van der Waals surface area contributed by atoms with Crippen LogP contribution in [0.4, 0.5) is 0 Å². The highest BCUT2D eigenvalue weighted by Gasteiger charge is 2.26. The molecule has 27 heavy (non-hydrogen) atoms. The van der Waals surface area contributed by atoms with Crippen molar-refractivity contribution in [3.05, 3.63) is 63.6 Å². The lowest BCUT2D eigenvalue weighted by atomic mass is 10.1. The quantitative estimate of drug-likeness (QED) is 0.656. The number of rotatable bonds is 8. The molecule has 7 heteroatoms. The van der Waals surface area contributed by atoms with E-state index in [1.54, 1.807) is 25.1 Å². The van der Waals surface area contributed by atoms with Gasteiger partial charge >= 0.3 is 0 Å². The van der Waals surface area contributed by atoms with Crippen LogP contribution >= 0.6 is 27.5 Å². The van der Waals surface area contributed by atoms with Crippen molar-refractivity contribution in [1.82, 2.24) is 10.2 Å². The number of hydrogen-bond acceptors (Lipinski definition) is 3. The van der Waals surface area contributed by atoms with Crippen molar-refractivity contribution < 1.29 is 14.3 Å². The third-order valence-corrected chi connectivity index (χ3v) is 4.81. The van der Waals surface area contributed by atoms with Crippen LogP contribution in [0, 0.1) is 0 Å². The van der Waals surface area contributed by atoms with E-state index in [1.807, 2.05) is 37.3 Å². The number of carbonyl (C=O) groups is 2. The van der Waals surface area contributed by atoms with Crippen LogP contribution in [0.2, 0.25) is 5.02 Å². The molecule has 5 nitrogen and oxygen atoms in total. The summed E-state index contributed by atoms with van der Waals surface area (Å²) in [7, 11) is 0. The Balaban J connectivity index is 2.13. The SMILES string of the molecule is CCNC(=O)[C@@H](C)N(Cc1ccccc1)C(=O)COc1ccc(Cl)cc1Br. The second-order valence-electron chi connectivity index (χ2n) is 5.94. The van der Waals surface area contributed by atoms with E-state index in [1.165, 1.54) is 4.90 Å². The summed E-state index contributed by atoms with van der Waals surface area (Å²) in [6.45, 7) is 4.20. The Kier molecular flexibility index (Phi) is 8.13. The number of likely N-dealkylation sites (N-methyl/N-ethyl adjacent to an activating group) is 1. The Hall–Kier alpha value is -2.05. The maximum atomic E-state index is 12.8. The molecule has 0 bridgehead atoms. The molecule has 144 valence electrons. The molecule has 1 N–H and O–H groups in total. The number of nitrogens with zero attached hydrogens (tertiary/aromatic N) is 1. The Morgan fingerprint density at radius 1 is 1.22 bits per heavy atom. The molecule has 2 aromatic rings. The first-order chi connectivity index (χ1) is 12.9. The summed E-state index contributed by atoms with van der Waals surface area (Å²) in [6, 6.07) is 14.0. The van der Waals surface area contributed by atoms with Gasteiger partial charge in [-0.15, -0.1) is 0 Å². The molecule has 0 saturated carbocycles. The zero-order valence-corrected chi connectivity index (χ0v) is 17.6. The number of hydrogen-bond donors (Lipinski definition) is 1. The normalized spacial score (nSPS) is 11.6. The van der Waals surface area contributed by atoms with Gasteiger partial charge in [0.15, 0.2) is 6.61 Å². The third-order valence-electron chi connectivity index (χ3n) is 3.96. The average molecular weight is 454 g/mol. The first kappa shape index (κ1) is 21.3. The van der Waals surface area contributed by atoms with Crippen LogP contribution in [0.3, 0.4) is 0 Å². The van der Waals surface area contributed by atoms with Crippen molar-refractivity contribution in [2.24, 2.45) is 0 Å². The molecule has 0 aliphatic heterocycles. The maximum absolute atomic E-state index is 12.8.